The monoisotopic (exact) mass is 265 g/mol. The van der Waals surface area contributed by atoms with E-state index in [0.717, 1.165) is 6.08 Å². The Morgan fingerprint density at radius 2 is 2.11 bits per heavy atom. The molecular weight excluding hydrogens is 254 g/mol. The summed E-state index contributed by atoms with van der Waals surface area (Å²) in [6, 6.07) is 3.83. The second kappa shape index (κ2) is 6.29. The van der Waals surface area contributed by atoms with Gasteiger partial charge in [0.2, 0.25) is 0 Å². The summed E-state index contributed by atoms with van der Waals surface area (Å²) in [4.78, 5) is 31.6. The van der Waals surface area contributed by atoms with Crippen molar-refractivity contribution < 1.29 is 24.4 Å². The summed E-state index contributed by atoms with van der Waals surface area (Å²) >= 11 is 0. The summed E-state index contributed by atoms with van der Waals surface area (Å²) in [5.41, 5.74) is 0.393. The number of ether oxygens (including phenoxy) is 1. The smallest absolute Gasteiger partial charge is 0.336 e. The van der Waals surface area contributed by atoms with E-state index in [0.29, 0.717) is 18.1 Å². The molecule has 0 spiro atoms. The summed E-state index contributed by atoms with van der Waals surface area (Å²) in [5, 5.41) is 19.0. The first-order valence-electron chi connectivity index (χ1n) is 5.34. The molecule has 0 aliphatic rings. The molecule has 1 N–H and O–H groups in total. The van der Waals surface area contributed by atoms with Crippen molar-refractivity contribution in [2.45, 2.75) is 13.3 Å². The zero-order valence-corrected chi connectivity index (χ0v) is 10.0. The maximum absolute atomic E-state index is 11.3. The van der Waals surface area contributed by atoms with Gasteiger partial charge >= 0.3 is 11.9 Å². The molecule has 0 saturated heterocycles. The summed E-state index contributed by atoms with van der Waals surface area (Å²) in [6.45, 7) is 1.75. The fraction of sp³-hybridized carbons (Fsp3) is 0.167. The first-order chi connectivity index (χ1) is 8.93. The van der Waals surface area contributed by atoms with Crippen molar-refractivity contribution >= 4 is 17.6 Å². The van der Waals surface area contributed by atoms with Gasteiger partial charge in [0.1, 0.15) is 5.75 Å². The summed E-state index contributed by atoms with van der Waals surface area (Å²) in [6.07, 6.45) is 1.86. The molecule has 0 fully saturated rings. The number of carbonyl (C=O) groups is 2. The summed E-state index contributed by atoms with van der Waals surface area (Å²) in [7, 11) is 0. The molecular formula is C12H11NO6. The standard InChI is InChI=1S/C12H11NO6/c1-2-8-7-9(13(17)18)3-4-10(8)19-12(16)6-5-11(14)15/h3-7H,2H2,1H3,(H,14,15)/b6-5+. The third-order valence-corrected chi connectivity index (χ3v) is 2.21. The Bertz CT molecular complexity index is 549. The third-order valence-electron chi connectivity index (χ3n) is 2.21. The molecule has 19 heavy (non-hydrogen) atoms. The predicted molar refractivity (Wildman–Crippen MR) is 64.9 cm³/mol. The molecule has 0 saturated carbocycles. The van der Waals surface area contributed by atoms with Crippen LogP contribution in [0.4, 0.5) is 5.69 Å². The average molecular weight is 265 g/mol. The van der Waals surface area contributed by atoms with E-state index in [1.54, 1.807) is 6.92 Å². The molecule has 0 unspecified atom stereocenters. The molecule has 1 aromatic carbocycles. The highest BCUT2D eigenvalue weighted by molar-refractivity contribution is 5.91. The minimum absolute atomic E-state index is 0.0993. The Labute approximate surface area is 108 Å². The SMILES string of the molecule is CCc1cc([N+](=O)[O-])ccc1OC(=O)/C=C/C(=O)O. The number of hydrogen-bond donors (Lipinski definition) is 1. The zero-order valence-electron chi connectivity index (χ0n) is 10.0. The van der Waals surface area contributed by atoms with Gasteiger partial charge in [0.15, 0.2) is 0 Å². The number of nitrogens with zero attached hydrogens (tertiary/aromatic N) is 1. The Morgan fingerprint density at radius 1 is 1.42 bits per heavy atom. The zero-order chi connectivity index (χ0) is 14.4. The number of rotatable bonds is 5. The number of nitro benzene ring substituents is 1. The second-order valence-corrected chi connectivity index (χ2v) is 3.50. The fourth-order valence-electron chi connectivity index (χ4n) is 1.34. The maximum Gasteiger partial charge on any atom is 0.336 e. The lowest BCUT2D eigenvalue weighted by atomic mass is 10.1. The number of carbonyl (C=O) groups excluding carboxylic acids is 1. The van der Waals surface area contributed by atoms with Gasteiger partial charge in [0.05, 0.1) is 4.92 Å². The van der Waals surface area contributed by atoms with Gasteiger partial charge < -0.3 is 9.84 Å². The number of aliphatic carboxylic acids is 1. The number of esters is 1. The Hall–Kier alpha value is -2.70. The van der Waals surface area contributed by atoms with Gasteiger partial charge in [-0.05, 0) is 12.5 Å². The van der Waals surface area contributed by atoms with Crippen molar-refractivity contribution in [3.8, 4) is 5.75 Å². The maximum atomic E-state index is 11.3. The molecule has 0 heterocycles. The molecule has 1 rings (SSSR count). The molecule has 1 aromatic rings. The van der Waals surface area contributed by atoms with Crippen LogP contribution >= 0.6 is 0 Å². The first-order valence-corrected chi connectivity index (χ1v) is 5.34. The van der Waals surface area contributed by atoms with Crippen molar-refractivity contribution in [1.29, 1.82) is 0 Å². The van der Waals surface area contributed by atoms with Crippen LogP contribution in [-0.2, 0) is 16.0 Å². The molecule has 0 aliphatic heterocycles. The van der Waals surface area contributed by atoms with Gasteiger partial charge in [-0.2, -0.15) is 0 Å². The lowest BCUT2D eigenvalue weighted by Crippen LogP contribution is -2.07. The van der Waals surface area contributed by atoms with Gasteiger partial charge in [-0.1, -0.05) is 6.92 Å². The van der Waals surface area contributed by atoms with Crippen molar-refractivity contribution in [2.75, 3.05) is 0 Å². The lowest BCUT2D eigenvalue weighted by molar-refractivity contribution is -0.384. The number of aryl methyl sites for hydroxylation is 1. The number of carboxylic acids is 1. The highest BCUT2D eigenvalue weighted by atomic mass is 16.6. The molecule has 0 aliphatic carbocycles. The van der Waals surface area contributed by atoms with Crippen LogP contribution in [0.15, 0.2) is 30.4 Å². The van der Waals surface area contributed by atoms with Gasteiger partial charge in [0.25, 0.3) is 5.69 Å². The molecule has 100 valence electrons. The van der Waals surface area contributed by atoms with Crippen LogP contribution in [0.2, 0.25) is 0 Å². The number of non-ortho nitro benzene ring substituents is 1. The van der Waals surface area contributed by atoms with Crippen molar-refractivity contribution in [3.63, 3.8) is 0 Å². The van der Waals surface area contributed by atoms with E-state index in [2.05, 4.69) is 0 Å². The molecule has 0 atom stereocenters. The Morgan fingerprint density at radius 3 is 2.63 bits per heavy atom. The van der Waals surface area contributed by atoms with Crippen LogP contribution in [0.3, 0.4) is 0 Å². The Kier molecular flexibility index (Phi) is 4.76. The van der Waals surface area contributed by atoms with Crippen LogP contribution in [0.5, 0.6) is 5.75 Å². The predicted octanol–water partition coefficient (Wildman–Crippen LogP) is 1.70. The number of carboxylic acid groups (broad SMARTS) is 1. The summed E-state index contributed by atoms with van der Waals surface area (Å²) in [5.74, 6) is -1.95. The largest absolute Gasteiger partial charge is 0.478 e. The fourth-order valence-corrected chi connectivity index (χ4v) is 1.34. The van der Waals surface area contributed by atoms with Gasteiger partial charge in [0, 0.05) is 29.8 Å². The van der Waals surface area contributed by atoms with Crippen LogP contribution in [-0.4, -0.2) is 22.0 Å². The molecule has 7 heteroatoms. The van der Waals surface area contributed by atoms with E-state index >= 15 is 0 Å². The minimum atomic E-state index is -1.27. The summed E-state index contributed by atoms with van der Waals surface area (Å²) < 4.78 is 4.91. The second-order valence-electron chi connectivity index (χ2n) is 3.50. The van der Waals surface area contributed by atoms with Crippen molar-refractivity contribution in [3.05, 3.63) is 46.0 Å². The number of nitro groups is 1. The topological polar surface area (TPSA) is 107 Å². The third kappa shape index (κ3) is 4.23. The van der Waals surface area contributed by atoms with Crippen LogP contribution in [0.25, 0.3) is 0 Å². The molecule has 0 aromatic heterocycles. The first kappa shape index (κ1) is 14.4. The van der Waals surface area contributed by atoms with Crippen LogP contribution < -0.4 is 4.74 Å². The van der Waals surface area contributed by atoms with Gasteiger partial charge in [-0.15, -0.1) is 0 Å². The molecule has 0 radical (unpaired) electrons. The van der Waals surface area contributed by atoms with Crippen LogP contribution in [0, 0.1) is 10.1 Å². The quantitative estimate of drug-likeness (QED) is 0.285. The highest BCUT2D eigenvalue weighted by Crippen LogP contribution is 2.24. The van der Waals surface area contributed by atoms with E-state index in [1.807, 2.05) is 0 Å². The van der Waals surface area contributed by atoms with E-state index in [-0.39, 0.29) is 11.4 Å². The molecule has 0 bridgehead atoms. The van der Waals surface area contributed by atoms with Crippen molar-refractivity contribution in [2.24, 2.45) is 0 Å². The van der Waals surface area contributed by atoms with Crippen LogP contribution in [0.1, 0.15) is 12.5 Å². The molecule has 7 nitrogen and oxygen atoms in total. The highest BCUT2D eigenvalue weighted by Gasteiger charge is 2.12. The van der Waals surface area contributed by atoms with E-state index in [4.69, 9.17) is 9.84 Å². The lowest BCUT2D eigenvalue weighted by Gasteiger charge is -2.06. The van der Waals surface area contributed by atoms with Crippen molar-refractivity contribution in [1.82, 2.24) is 0 Å². The van der Waals surface area contributed by atoms with E-state index in [1.165, 1.54) is 18.2 Å². The minimum Gasteiger partial charge on any atom is -0.478 e. The van der Waals surface area contributed by atoms with Gasteiger partial charge in [-0.3, -0.25) is 10.1 Å². The van der Waals surface area contributed by atoms with E-state index < -0.39 is 16.9 Å². The molecule has 0 amide bonds. The van der Waals surface area contributed by atoms with Gasteiger partial charge in [-0.25, -0.2) is 9.59 Å². The number of benzene rings is 1. The normalized spacial score (nSPS) is 10.4. The Balaban J connectivity index is 2.92. The van der Waals surface area contributed by atoms with E-state index in [9.17, 15) is 19.7 Å². The number of hydrogen-bond acceptors (Lipinski definition) is 5. The average Bonchev–Trinajstić information content (AvgIpc) is 2.36.